The average molecular weight is 247 g/mol. The minimum Gasteiger partial charge on any atom is -0.356 e. The first kappa shape index (κ1) is 11.8. The van der Waals surface area contributed by atoms with E-state index >= 15 is 0 Å². The van der Waals surface area contributed by atoms with Crippen LogP contribution in [0.3, 0.4) is 0 Å². The standard InChI is InChI=1S/C14H21N3O/c1-11-15-12(10-13(18)16-11)17-8-6-14(7-9-17)4-2-3-5-14/h10H,2-9H2,1H3,(H,15,16,18). The third-order valence-electron chi connectivity index (χ3n) is 4.66. The number of aromatic nitrogens is 2. The Bertz CT molecular complexity index is 478. The molecule has 0 aromatic carbocycles. The molecule has 0 bridgehead atoms. The summed E-state index contributed by atoms with van der Waals surface area (Å²) in [4.78, 5) is 20.9. The second-order valence-corrected chi connectivity index (χ2v) is 5.88. The van der Waals surface area contributed by atoms with Gasteiger partial charge < -0.3 is 9.88 Å². The predicted molar refractivity (Wildman–Crippen MR) is 71.9 cm³/mol. The lowest BCUT2D eigenvalue weighted by molar-refractivity contribution is 0.226. The van der Waals surface area contributed by atoms with Crippen molar-refractivity contribution < 1.29 is 0 Å². The highest BCUT2D eigenvalue weighted by Gasteiger charge is 2.37. The Morgan fingerprint density at radius 1 is 1.22 bits per heavy atom. The molecule has 3 rings (SSSR count). The first-order chi connectivity index (χ1) is 8.67. The second kappa shape index (κ2) is 4.41. The first-order valence-corrected chi connectivity index (χ1v) is 7.00. The fraction of sp³-hybridized carbons (Fsp3) is 0.714. The largest absolute Gasteiger partial charge is 0.356 e. The van der Waals surface area contributed by atoms with Crippen LogP contribution in [-0.4, -0.2) is 23.1 Å². The maximum atomic E-state index is 11.5. The van der Waals surface area contributed by atoms with Crippen molar-refractivity contribution in [2.24, 2.45) is 5.41 Å². The van der Waals surface area contributed by atoms with Crippen molar-refractivity contribution in [1.29, 1.82) is 0 Å². The molecular formula is C14H21N3O. The molecule has 2 aliphatic rings. The fourth-order valence-corrected chi connectivity index (χ4v) is 3.56. The maximum Gasteiger partial charge on any atom is 0.252 e. The molecule has 2 heterocycles. The van der Waals surface area contributed by atoms with Gasteiger partial charge in [0.2, 0.25) is 0 Å². The molecule has 1 aliphatic heterocycles. The molecule has 1 aromatic rings. The van der Waals surface area contributed by atoms with Gasteiger partial charge in [-0.05, 0) is 38.0 Å². The number of rotatable bonds is 1. The van der Waals surface area contributed by atoms with Gasteiger partial charge in [-0.1, -0.05) is 12.8 Å². The summed E-state index contributed by atoms with van der Waals surface area (Å²) in [6.07, 6.45) is 8.15. The highest BCUT2D eigenvalue weighted by molar-refractivity contribution is 5.38. The molecule has 0 radical (unpaired) electrons. The summed E-state index contributed by atoms with van der Waals surface area (Å²) in [7, 11) is 0. The molecule has 1 saturated heterocycles. The minimum atomic E-state index is -0.0429. The predicted octanol–water partition coefficient (Wildman–Crippen LogP) is 2.24. The smallest absolute Gasteiger partial charge is 0.252 e. The Labute approximate surface area is 107 Å². The van der Waals surface area contributed by atoms with Crippen molar-refractivity contribution in [2.75, 3.05) is 18.0 Å². The van der Waals surface area contributed by atoms with Crippen LogP contribution < -0.4 is 10.5 Å². The lowest BCUT2D eigenvalue weighted by Gasteiger charge is -2.39. The van der Waals surface area contributed by atoms with Crippen LogP contribution >= 0.6 is 0 Å². The summed E-state index contributed by atoms with van der Waals surface area (Å²) in [5, 5.41) is 0. The zero-order valence-corrected chi connectivity index (χ0v) is 11.0. The Morgan fingerprint density at radius 2 is 1.89 bits per heavy atom. The van der Waals surface area contributed by atoms with E-state index in [4.69, 9.17) is 0 Å². The molecule has 1 aromatic heterocycles. The maximum absolute atomic E-state index is 11.5. The number of aryl methyl sites for hydroxylation is 1. The van der Waals surface area contributed by atoms with Gasteiger partial charge in [0.1, 0.15) is 11.6 Å². The minimum absolute atomic E-state index is 0.0429. The van der Waals surface area contributed by atoms with Crippen LogP contribution in [0.5, 0.6) is 0 Å². The number of nitrogens with one attached hydrogen (secondary N) is 1. The fourth-order valence-electron chi connectivity index (χ4n) is 3.56. The van der Waals surface area contributed by atoms with E-state index in [1.165, 1.54) is 38.5 Å². The Hall–Kier alpha value is -1.32. The highest BCUT2D eigenvalue weighted by Crippen LogP contribution is 2.46. The lowest BCUT2D eigenvalue weighted by atomic mass is 9.77. The van der Waals surface area contributed by atoms with Gasteiger partial charge in [-0.2, -0.15) is 0 Å². The van der Waals surface area contributed by atoms with Crippen LogP contribution in [0, 0.1) is 12.3 Å². The van der Waals surface area contributed by atoms with Crippen molar-refractivity contribution >= 4 is 5.82 Å². The topological polar surface area (TPSA) is 49.0 Å². The number of piperidine rings is 1. The summed E-state index contributed by atoms with van der Waals surface area (Å²) in [5.74, 6) is 1.56. The normalized spacial score (nSPS) is 22.6. The number of aromatic amines is 1. The van der Waals surface area contributed by atoms with E-state index in [-0.39, 0.29) is 5.56 Å². The van der Waals surface area contributed by atoms with Crippen LogP contribution in [0.2, 0.25) is 0 Å². The molecule has 0 atom stereocenters. The Morgan fingerprint density at radius 3 is 2.50 bits per heavy atom. The monoisotopic (exact) mass is 247 g/mol. The van der Waals surface area contributed by atoms with Gasteiger partial charge in [0.05, 0.1) is 0 Å². The molecule has 1 aliphatic carbocycles. The number of nitrogens with zero attached hydrogens (tertiary/aromatic N) is 2. The summed E-state index contributed by atoms with van der Waals surface area (Å²) >= 11 is 0. The van der Waals surface area contributed by atoms with Crippen LogP contribution in [0.15, 0.2) is 10.9 Å². The van der Waals surface area contributed by atoms with Crippen molar-refractivity contribution in [3.05, 3.63) is 22.2 Å². The quantitative estimate of drug-likeness (QED) is 0.828. The summed E-state index contributed by atoms with van der Waals surface area (Å²) in [5.41, 5.74) is 0.575. The summed E-state index contributed by atoms with van der Waals surface area (Å²) < 4.78 is 0. The van der Waals surface area contributed by atoms with E-state index in [1.807, 2.05) is 6.92 Å². The van der Waals surface area contributed by atoms with E-state index in [2.05, 4.69) is 14.9 Å². The van der Waals surface area contributed by atoms with Crippen molar-refractivity contribution in [3.63, 3.8) is 0 Å². The third-order valence-corrected chi connectivity index (χ3v) is 4.66. The number of anilines is 1. The molecule has 2 fully saturated rings. The molecule has 4 nitrogen and oxygen atoms in total. The van der Waals surface area contributed by atoms with E-state index in [0.29, 0.717) is 11.2 Å². The Balaban J connectivity index is 1.74. The van der Waals surface area contributed by atoms with Crippen LogP contribution in [-0.2, 0) is 0 Å². The SMILES string of the molecule is Cc1nc(N2CCC3(CCCC3)CC2)cc(=O)[nH]1. The third kappa shape index (κ3) is 2.16. The van der Waals surface area contributed by atoms with Gasteiger partial charge in [-0.15, -0.1) is 0 Å². The molecule has 18 heavy (non-hydrogen) atoms. The highest BCUT2D eigenvalue weighted by atomic mass is 16.1. The van der Waals surface area contributed by atoms with Crippen LogP contribution in [0.1, 0.15) is 44.3 Å². The Kier molecular flexibility index (Phi) is 2.88. The van der Waals surface area contributed by atoms with E-state index in [9.17, 15) is 4.79 Å². The number of hydrogen-bond acceptors (Lipinski definition) is 3. The molecule has 1 N–H and O–H groups in total. The van der Waals surface area contributed by atoms with Crippen LogP contribution in [0.4, 0.5) is 5.82 Å². The molecule has 0 unspecified atom stereocenters. The van der Waals surface area contributed by atoms with Gasteiger partial charge in [0, 0.05) is 19.2 Å². The van der Waals surface area contributed by atoms with Crippen molar-refractivity contribution in [3.8, 4) is 0 Å². The second-order valence-electron chi connectivity index (χ2n) is 5.88. The lowest BCUT2D eigenvalue weighted by Crippen LogP contribution is -2.39. The average Bonchev–Trinajstić information content (AvgIpc) is 2.77. The van der Waals surface area contributed by atoms with E-state index in [0.717, 1.165) is 18.9 Å². The molecular weight excluding hydrogens is 226 g/mol. The number of H-pyrrole nitrogens is 1. The van der Waals surface area contributed by atoms with Crippen LogP contribution in [0.25, 0.3) is 0 Å². The van der Waals surface area contributed by atoms with Crippen molar-refractivity contribution in [1.82, 2.24) is 9.97 Å². The molecule has 98 valence electrons. The van der Waals surface area contributed by atoms with Gasteiger partial charge in [-0.25, -0.2) is 4.98 Å². The summed E-state index contributed by atoms with van der Waals surface area (Å²) in [6, 6.07) is 1.62. The first-order valence-electron chi connectivity index (χ1n) is 7.00. The zero-order chi connectivity index (χ0) is 12.6. The zero-order valence-electron chi connectivity index (χ0n) is 11.0. The molecule has 4 heteroatoms. The van der Waals surface area contributed by atoms with E-state index < -0.39 is 0 Å². The van der Waals surface area contributed by atoms with Crippen molar-refractivity contribution in [2.45, 2.75) is 45.4 Å². The van der Waals surface area contributed by atoms with Gasteiger partial charge in [0.15, 0.2) is 0 Å². The van der Waals surface area contributed by atoms with Gasteiger partial charge in [0.25, 0.3) is 5.56 Å². The molecule has 1 spiro atoms. The molecule has 0 amide bonds. The van der Waals surface area contributed by atoms with Gasteiger partial charge in [-0.3, -0.25) is 4.79 Å². The van der Waals surface area contributed by atoms with Gasteiger partial charge >= 0.3 is 0 Å². The summed E-state index contributed by atoms with van der Waals surface area (Å²) in [6.45, 7) is 3.94. The van der Waals surface area contributed by atoms with E-state index in [1.54, 1.807) is 6.07 Å². The number of hydrogen-bond donors (Lipinski definition) is 1. The molecule has 1 saturated carbocycles.